The molecule has 1 atom stereocenters. The van der Waals surface area contributed by atoms with Crippen LogP contribution in [0.4, 0.5) is 0 Å². The standard InChI is InChI=1S/C14H26N4O3/c1-9(2)10(11(15)19)17-13(20)14(12(16)18-21)7-5-3-4-6-8-14/h9-10,21H,3-8H2,1-2H3,(H2,15,19)(H2,16,18)(H,17,20). The summed E-state index contributed by atoms with van der Waals surface area (Å²) in [5, 5.41) is 14.8. The Bertz CT molecular complexity index is 412. The number of nitrogens with zero attached hydrogens (tertiary/aromatic N) is 1. The lowest BCUT2D eigenvalue weighted by atomic mass is 9.77. The second-order valence-electron chi connectivity index (χ2n) is 6.08. The van der Waals surface area contributed by atoms with Gasteiger partial charge < -0.3 is 22.0 Å². The molecule has 1 aliphatic rings. The van der Waals surface area contributed by atoms with Crippen LogP contribution in [0.3, 0.4) is 0 Å². The highest BCUT2D eigenvalue weighted by molar-refractivity contribution is 6.07. The van der Waals surface area contributed by atoms with Crippen LogP contribution in [0.1, 0.15) is 52.4 Å². The highest BCUT2D eigenvalue weighted by Gasteiger charge is 2.44. The highest BCUT2D eigenvalue weighted by atomic mass is 16.4. The number of hydrogen-bond acceptors (Lipinski definition) is 4. The minimum absolute atomic E-state index is 0.0890. The van der Waals surface area contributed by atoms with Crippen molar-refractivity contribution in [2.75, 3.05) is 0 Å². The van der Waals surface area contributed by atoms with Gasteiger partial charge in [-0.15, -0.1) is 0 Å². The Hall–Kier alpha value is -1.79. The van der Waals surface area contributed by atoms with Crippen molar-refractivity contribution in [2.45, 2.75) is 58.4 Å². The summed E-state index contributed by atoms with van der Waals surface area (Å²) in [4.78, 5) is 24.2. The smallest absolute Gasteiger partial charge is 0.240 e. The molecule has 0 spiro atoms. The number of carbonyl (C=O) groups excluding carboxylic acids is 2. The first-order chi connectivity index (χ1) is 9.85. The third-order valence-corrected chi connectivity index (χ3v) is 4.25. The Labute approximate surface area is 125 Å². The molecule has 21 heavy (non-hydrogen) atoms. The van der Waals surface area contributed by atoms with Crippen LogP contribution < -0.4 is 16.8 Å². The zero-order valence-corrected chi connectivity index (χ0v) is 12.8. The van der Waals surface area contributed by atoms with Crippen LogP contribution in [0.25, 0.3) is 0 Å². The van der Waals surface area contributed by atoms with E-state index in [0.717, 1.165) is 25.7 Å². The molecule has 1 unspecified atom stereocenters. The second-order valence-corrected chi connectivity index (χ2v) is 6.08. The number of nitrogens with two attached hydrogens (primary N) is 2. The number of amidine groups is 1. The van der Waals surface area contributed by atoms with Gasteiger partial charge in [-0.3, -0.25) is 9.59 Å². The van der Waals surface area contributed by atoms with Gasteiger partial charge in [-0.1, -0.05) is 44.7 Å². The van der Waals surface area contributed by atoms with Crippen molar-refractivity contribution in [1.29, 1.82) is 0 Å². The fraction of sp³-hybridized carbons (Fsp3) is 0.786. The first kappa shape index (κ1) is 17.3. The van der Waals surface area contributed by atoms with E-state index in [1.54, 1.807) is 13.8 Å². The third-order valence-electron chi connectivity index (χ3n) is 4.25. The molecule has 0 bridgehead atoms. The summed E-state index contributed by atoms with van der Waals surface area (Å²) in [5.74, 6) is -1.17. The largest absolute Gasteiger partial charge is 0.409 e. The lowest BCUT2D eigenvalue weighted by molar-refractivity contribution is -0.133. The molecule has 1 fully saturated rings. The van der Waals surface area contributed by atoms with Gasteiger partial charge in [0.1, 0.15) is 11.5 Å². The molecule has 6 N–H and O–H groups in total. The Kier molecular flexibility index (Phi) is 5.99. The van der Waals surface area contributed by atoms with E-state index >= 15 is 0 Å². The molecule has 0 saturated heterocycles. The normalized spacial score (nSPS) is 20.6. The van der Waals surface area contributed by atoms with Crippen molar-refractivity contribution in [3.8, 4) is 0 Å². The van der Waals surface area contributed by atoms with E-state index < -0.39 is 17.4 Å². The summed E-state index contributed by atoms with van der Waals surface area (Å²) < 4.78 is 0. The number of carbonyl (C=O) groups is 2. The molecule has 0 aromatic carbocycles. The SMILES string of the molecule is CC(C)C(NC(=O)C1(C(N)=NO)CCCCCC1)C(N)=O. The average molecular weight is 298 g/mol. The molecule has 1 aliphatic carbocycles. The van der Waals surface area contributed by atoms with Crippen LogP contribution in [-0.2, 0) is 9.59 Å². The van der Waals surface area contributed by atoms with Crippen LogP contribution in [0.15, 0.2) is 5.16 Å². The predicted molar refractivity (Wildman–Crippen MR) is 79.5 cm³/mol. The summed E-state index contributed by atoms with van der Waals surface area (Å²) in [6.07, 6.45) is 4.70. The maximum Gasteiger partial charge on any atom is 0.240 e. The van der Waals surface area contributed by atoms with E-state index in [1.807, 2.05) is 0 Å². The quantitative estimate of drug-likeness (QED) is 0.195. The van der Waals surface area contributed by atoms with E-state index in [0.29, 0.717) is 12.8 Å². The lowest BCUT2D eigenvalue weighted by Gasteiger charge is -2.32. The van der Waals surface area contributed by atoms with Gasteiger partial charge >= 0.3 is 0 Å². The van der Waals surface area contributed by atoms with Crippen molar-refractivity contribution in [1.82, 2.24) is 5.32 Å². The third kappa shape index (κ3) is 3.86. The molecule has 0 aliphatic heterocycles. The highest BCUT2D eigenvalue weighted by Crippen LogP contribution is 2.36. The number of primary amides is 1. The van der Waals surface area contributed by atoms with Gasteiger partial charge in [-0.05, 0) is 18.8 Å². The molecule has 7 heteroatoms. The number of nitrogens with one attached hydrogen (secondary N) is 1. The Morgan fingerprint density at radius 2 is 1.67 bits per heavy atom. The molecular formula is C14H26N4O3. The van der Waals surface area contributed by atoms with Crippen molar-refractivity contribution in [2.24, 2.45) is 28.0 Å². The Morgan fingerprint density at radius 3 is 2.05 bits per heavy atom. The van der Waals surface area contributed by atoms with Gasteiger partial charge in [0.05, 0.1) is 0 Å². The van der Waals surface area contributed by atoms with E-state index in [1.165, 1.54) is 0 Å². The number of hydrogen-bond donors (Lipinski definition) is 4. The van der Waals surface area contributed by atoms with Crippen LogP contribution in [0, 0.1) is 11.3 Å². The van der Waals surface area contributed by atoms with Gasteiger partial charge in [0.2, 0.25) is 11.8 Å². The van der Waals surface area contributed by atoms with Gasteiger partial charge in [0.25, 0.3) is 0 Å². The van der Waals surface area contributed by atoms with Crippen molar-refractivity contribution >= 4 is 17.6 Å². The van der Waals surface area contributed by atoms with Crippen LogP contribution in [0.5, 0.6) is 0 Å². The number of oxime groups is 1. The summed E-state index contributed by atoms with van der Waals surface area (Å²) in [6.45, 7) is 3.61. The fourth-order valence-electron chi connectivity index (χ4n) is 2.87. The van der Waals surface area contributed by atoms with Crippen molar-refractivity contribution in [3.05, 3.63) is 0 Å². The summed E-state index contributed by atoms with van der Waals surface area (Å²) in [7, 11) is 0. The monoisotopic (exact) mass is 298 g/mol. The molecule has 120 valence electrons. The maximum absolute atomic E-state index is 12.7. The molecule has 0 heterocycles. The van der Waals surface area contributed by atoms with Gasteiger partial charge in [-0.25, -0.2) is 0 Å². The molecule has 1 rings (SSSR count). The number of amides is 2. The first-order valence-corrected chi connectivity index (χ1v) is 7.43. The molecule has 0 radical (unpaired) electrons. The lowest BCUT2D eigenvalue weighted by Crippen LogP contribution is -2.56. The minimum atomic E-state index is -1.05. The Morgan fingerprint density at radius 1 is 1.14 bits per heavy atom. The molecule has 2 amide bonds. The second kappa shape index (κ2) is 7.28. The summed E-state index contributed by atoms with van der Waals surface area (Å²) >= 11 is 0. The maximum atomic E-state index is 12.7. The van der Waals surface area contributed by atoms with Crippen LogP contribution in [0.2, 0.25) is 0 Å². The van der Waals surface area contributed by atoms with E-state index in [2.05, 4.69) is 10.5 Å². The van der Waals surface area contributed by atoms with Crippen LogP contribution >= 0.6 is 0 Å². The molecule has 1 saturated carbocycles. The zero-order chi connectivity index (χ0) is 16.0. The predicted octanol–water partition coefficient (Wildman–Crippen LogP) is 0.700. The Balaban J connectivity index is 3.03. The number of rotatable bonds is 5. The summed E-state index contributed by atoms with van der Waals surface area (Å²) in [5.41, 5.74) is 10.1. The zero-order valence-electron chi connectivity index (χ0n) is 12.8. The van der Waals surface area contributed by atoms with Crippen LogP contribution in [-0.4, -0.2) is 28.9 Å². The van der Waals surface area contributed by atoms with E-state index in [4.69, 9.17) is 16.7 Å². The fourth-order valence-corrected chi connectivity index (χ4v) is 2.87. The average Bonchev–Trinajstić information content (AvgIpc) is 2.69. The topological polar surface area (TPSA) is 131 Å². The van der Waals surface area contributed by atoms with Gasteiger partial charge in [0.15, 0.2) is 5.84 Å². The molecular weight excluding hydrogens is 272 g/mol. The van der Waals surface area contributed by atoms with E-state index in [9.17, 15) is 9.59 Å². The first-order valence-electron chi connectivity index (χ1n) is 7.43. The van der Waals surface area contributed by atoms with Gasteiger partial charge in [0, 0.05) is 0 Å². The van der Waals surface area contributed by atoms with E-state index in [-0.39, 0.29) is 17.7 Å². The molecule has 7 nitrogen and oxygen atoms in total. The van der Waals surface area contributed by atoms with Crippen molar-refractivity contribution < 1.29 is 14.8 Å². The van der Waals surface area contributed by atoms with Gasteiger partial charge in [-0.2, -0.15) is 0 Å². The van der Waals surface area contributed by atoms with Crippen molar-refractivity contribution in [3.63, 3.8) is 0 Å². The summed E-state index contributed by atoms with van der Waals surface area (Å²) in [6, 6.07) is -0.760. The molecule has 0 aromatic rings. The molecule has 0 aromatic heterocycles. The minimum Gasteiger partial charge on any atom is -0.409 e.